The molecule has 1 N–H and O–H groups in total. The highest BCUT2D eigenvalue weighted by Gasteiger charge is 2.28. The van der Waals surface area contributed by atoms with Crippen molar-refractivity contribution < 1.29 is 4.74 Å². The summed E-state index contributed by atoms with van der Waals surface area (Å²) in [5, 5.41) is 3.74. The standard InChI is InChI=1S/C18H26BrNO/c1-21-17-8-9-18(19)15(11-17)10-13-4-2-3-5-14(13)12-20-16-6-7-16/h8-9,11,13-14,16,20H,2-7,10,12H2,1H3. The SMILES string of the molecule is COc1ccc(Br)c(CC2CCCCC2CNC2CC2)c1. The Morgan fingerprint density at radius 2 is 1.90 bits per heavy atom. The Morgan fingerprint density at radius 1 is 1.14 bits per heavy atom. The summed E-state index contributed by atoms with van der Waals surface area (Å²) in [6, 6.07) is 7.18. The molecular weight excluding hydrogens is 326 g/mol. The average molecular weight is 352 g/mol. The van der Waals surface area contributed by atoms with Gasteiger partial charge in [-0.2, -0.15) is 0 Å². The van der Waals surface area contributed by atoms with Gasteiger partial charge in [0.2, 0.25) is 0 Å². The second kappa shape index (κ2) is 7.15. The van der Waals surface area contributed by atoms with E-state index in [-0.39, 0.29) is 0 Å². The van der Waals surface area contributed by atoms with Crippen molar-refractivity contribution >= 4 is 15.9 Å². The lowest BCUT2D eigenvalue weighted by Crippen LogP contribution is -2.32. The largest absolute Gasteiger partial charge is 0.497 e. The summed E-state index contributed by atoms with van der Waals surface area (Å²) in [7, 11) is 1.75. The van der Waals surface area contributed by atoms with E-state index in [1.165, 1.54) is 61.5 Å². The number of benzene rings is 1. The van der Waals surface area contributed by atoms with Gasteiger partial charge in [-0.05, 0) is 74.2 Å². The summed E-state index contributed by atoms with van der Waals surface area (Å²) in [6.45, 7) is 1.22. The topological polar surface area (TPSA) is 21.3 Å². The highest BCUT2D eigenvalue weighted by Crippen LogP contribution is 2.35. The summed E-state index contributed by atoms with van der Waals surface area (Å²) in [5.41, 5.74) is 1.40. The van der Waals surface area contributed by atoms with E-state index in [9.17, 15) is 0 Å². The number of methoxy groups -OCH3 is 1. The normalized spacial score (nSPS) is 25.8. The Bertz CT molecular complexity index is 472. The molecule has 2 atom stereocenters. The van der Waals surface area contributed by atoms with E-state index < -0.39 is 0 Å². The van der Waals surface area contributed by atoms with Crippen LogP contribution in [0.2, 0.25) is 0 Å². The quantitative estimate of drug-likeness (QED) is 0.810. The summed E-state index contributed by atoms with van der Waals surface area (Å²) < 4.78 is 6.60. The molecule has 0 amide bonds. The molecule has 2 nitrogen and oxygen atoms in total. The first kappa shape index (κ1) is 15.4. The Balaban J connectivity index is 1.65. The molecule has 3 heteroatoms. The Morgan fingerprint density at radius 3 is 2.62 bits per heavy atom. The van der Waals surface area contributed by atoms with Gasteiger partial charge in [-0.15, -0.1) is 0 Å². The molecule has 2 aliphatic carbocycles. The smallest absolute Gasteiger partial charge is 0.119 e. The van der Waals surface area contributed by atoms with Crippen molar-refractivity contribution in [2.24, 2.45) is 11.8 Å². The molecular formula is C18H26BrNO. The van der Waals surface area contributed by atoms with Crippen molar-refractivity contribution in [3.05, 3.63) is 28.2 Å². The predicted octanol–water partition coefficient (Wildman–Crippen LogP) is 4.56. The first-order valence-corrected chi connectivity index (χ1v) is 9.11. The van der Waals surface area contributed by atoms with E-state index in [4.69, 9.17) is 4.74 Å². The van der Waals surface area contributed by atoms with E-state index in [2.05, 4.69) is 33.4 Å². The van der Waals surface area contributed by atoms with E-state index in [1.54, 1.807) is 7.11 Å². The molecule has 2 fully saturated rings. The lowest BCUT2D eigenvalue weighted by Gasteiger charge is -2.32. The molecule has 0 saturated heterocycles. The summed E-state index contributed by atoms with van der Waals surface area (Å²) >= 11 is 3.71. The Kier molecular flexibility index (Phi) is 5.23. The molecule has 21 heavy (non-hydrogen) atoms. The van der Waals surface area contributed by atoms with Gasteiger partial charge in [0, 0.05) is 10.5 Å². The fourth-order valence-electron chi connectivity index (χ4n) is 3.54. The Hall–Kier alpha value is -0.540. The van der Waals surface area contributed by atoms with Crippen molar-refractivity contribution in [3.63, 3.8) is 0 Å². The van der Waals surface area contributed by atoms with Crippen LogP contribution in [-0.2, 0) is 6.42 Å². The van der Waals surface area contributed by atoms with Gasteiger partial charge in [0.25, 0.3) is 0 Å². The first-order chi connectivity index (χ1) is 10.3. The zero-order valence-corrected chi connectivity index (χ0v) is 14.5. The molecule has 1 aromatic carbocycles. The van der Waals surface area contributed by atoms with E-state index in [0.717, 1.165) is 23.6 Å². The van der Waals surface area contributed by atoms with Crippen molar-refractivity contribution in [2.45, 2.75) is 51.0 Å². The van der Waals surface area contributed by atoms with Crippen molar-refractivity contribution in [3.8, 4) is 5.75 Å². The van der Waals surface area contributed by atoms with Crippen LogP contribution >= 0.6 is 15.9 Å². The number of hydrogen-bond donors (Lipinski definition) is 1. The number of nitrogens with one attached hydrogen (secondary N) is 1. The van der Waals surface area contributed by atoms with Gasteiger partial charge >= 0.3 is 0 Å². The van der Waals surface area contributed by atoms with E-state index >= 15 is 0 Å². The van der Waals surface area contributed by atoms with Gasteiger partial charge in [0.15, 0.2) is 0 Å². The van der Waals surface area contributed by atoms with Crippen molar-refractivity contribution in [1.29, 1.82) is 0 Å². The Labute approximate surface area is 136 Å². The third kappa shape index (κ3) is 4.23. The molecule has 2 unspecified atom stereocenters. The maximum Gasteiger partial charge on any atom is 0.119 e. The minimum Gasteiger partial charge on any atom is -0.497 e. The molecule has 0 radical (unpaired) electrons. The first-order valence-electron chi connectivity index (χ1n) is 8.32. The van der Waals surface area contributed by atoms with Gasteiger partial charge in [-0.3, -0.25) is 0 Å². The molecule has 1 aromatic rings. The number of hydrogen-bond acceptors (Lipinski definition) is 2. The predicted molar refractivity (Wildman–Crippen MR) is 90.9 cm³/mol. The highest BCUT2D eigenvalue weighted by atomic mass is 79.9. The van der Waals surface area contributed by atoms with Crippen LogP contribution in [0.25, 0.3) is 0 Å². The average Bonchev–Trinajstić information content (AvgIpc) is 3.33. The summed E-state index contributed by atoms with van der Waals surface area (Å²) in [4.78, 5) is 0. The summed E-state index contributed by atoms with van der Waals surface area (Å²) in [6.07, 6.45) is 9.53. The van der Waals surface area contributed by atoms with Crippen LogP contribution in [0, 0.1) is 11.8 Å². The maximum atomic E-state index is 5.38. The van der Waals surface area contributed by atoms with Crippen LogP contribution in [-0.4, -0.2) is 19.7 Å². The fourth-order valence-corrected chi connectivity index (χ4v) is 3.95. The van der Waals surface area contributed by atoms with Crippen LogP contribution in [0.1, 0.15) is 44.1 Å². The lowest BCUT2D eigenvalue weighted by molar-refractivity contribution is 0.227. The monoisotopic (exact) mass is 351 g/mol. The maximum absolute atomic E-state index is 5.38. The van der Waals surface area contributed by atoms with Gasteiger partial charge in [-0.25, -0.2) is 0 Å². The van der Waals surface area contributed by atoms with Gasteiger partial charge in [0.1, 0.15) is 5.75 Å². The van der Waals surface area contributed by atoms with Crippen molar-refractivity contribution in [1.82, 2.24) is 5.32 Å². The fraction of sp³-hybridized carbons (Fsp3) is 0.667. The lowest BCUT2D eigenvalue weighted by atomic mass is 9.76. The molecule has 0 heterocycles. The molecule has 3 rings (SSSR count). The number of rotatable bonds is 6. The van der Waals surface area contributed by atoms with Crippen LogP contribution < -0.4 is 10.1 Å². The molecule has 0 aromatic heterocycles. The van der Waals surface area contributed by atoms with Gasteiger partial charge in [0.05, 0.1) is 7.11 Å². The summed E-state index contributed by atoms with van der Waals surface area (Å²) in [5.74, 6) is 2.63. The number of halogens is 1. The minimum atomic E-state index is 0.813. The third-order valence-electron chi connectivity index (χ3n) is 5.05. The third-order valence-corrected chi connectivity index (χ3v) is 5.82. The highest BCUT2D eigenvalue weighted by molar-refractivity contribution is 9.10. The molecule has 2 aliphatic rings. The van der Waals surface area contributed by atoms with Crippen LogP contribution in [0.3, 0.4) is 0 Å². The van der Waals surface area contributed by atoms with E-state index in [0.29, 0.717) is 0 Å². The zero-order valence-electron chi connectivity index (χ0n) is 12.9. The molecule has 0 bridgehead atoms. The molecule has 0 aliphatic heterocycles. The molecule has 116 valence electrons. The second-order valence-electron chi connectivity index (χ2n) is 6.65. The molecule has 2 saturated carbocycles. The molecule has 0 spiro atoms. The van der Waals surface area contributed by atoms with Gasteiger partial charge in [-0.1, -0.05) is 28.8 Å². The van der Waals surface area contributed by atoms with Crippen LogP contribution in [0.15, 0.2) is 22.7 Å². The van der Waals surface area contributed by atoms with Crippen molar-refractivity contribution in [2.75, 3.05) is 13.7 Å². The number of ether oxygens (including phenoxy) is 1. The van der Waals surface area contributed by atoms with Crippen LogP contribution in [0.5, 0.6) is 5.75 Å². The van der Waals surface area contributed by atoms with Gasteiger partial charge < -0.3 is 10.1 Å². The van der Waals surface area contributed by atoms with E-state index in [1.807, 2.05) is 6.07 Å². The minimum absolute atomic E-state index is 0.813. The van der Waals surface area contributed by atoms with Crippen LogP contribution in [0.4, 0.5) is 0 Å². The second-order valence-corrected chi connectivity index (χ2v) is 7.50. The zero-order chi connectivity index (χ0) is 14.7.